The first-order valence-corrected chi connectivity index (χ1v) is 6.57. The second-order valence-electron chi connectivity index (χ2n) is 4.62. The molecular weight excluding hydrogens is 208 g/mol. The van der Waals surface area contributed by atoms with Gasteiger partial charge in [0.05, 0.1) is 18.3 Å². The number of fused-ring (bicyclic) bond motifs is 2. The predicted molar refractivity (Wildman–Crippen MR) is 60.0 cm³/mol. The van der Waals surface area contributed by atoms with Crippen molar-refractivity contribution < 1.29 is 9.84 Å². The summed E-state index contributed by atoms with van der Waals surface area (Å²) in [6.45, 7) is 0. The van der Waals surface area contributed by atoms with E-state index < -0.39 is 0 Å². The van der Waals surface area contributed by atoms with Crippen LogP contribution in [0.3, 0.4) is 0 Å². The summed E-state index contributed by atoms with van der Waals surface area (Å²) in [4.78, 5) is 1.28. The van der Waals surface area contributed by atoms with Crippen LogP contribution in [0.25, 0.3) is 0 Å². The van der Waals surface area contributed by atoms with Gasteiger partial charge in [-0.3, -0.25) is 0 Å². The smallest absolute Gasteiger partial charge is 0.0642 e. The van der Waals surface area contributed by atoms with Crippen molar-refractivity contribution in [2.75, 3.05) is 0 Å². The van der Waals surface area contributed by atoms with Crippen molar-refractivity contribution in [1.29, 1.82) is 0 Å². The average molecular weight is 224 g/mol. The van der Waals surface area contributed by atoms with Gasteiger partial charge >= 0.3 is 0 Å². The van der Waals surface area contributed by atoms with E-state index in [9.17, 15) is 5.11 Å². The van der Waals surface area contributed by atoms with E-state index in [0.717, 1.165) is 19.3 Å². The molecule has 2 aliphatic rings. The van der Waals surface area contributed by atoms with Crippen LogP contribution in [-0.4, -0.2) is 23.4 Å². The van der Waals surface area contributed by atoms with Gasteiger partial charge in [-0.1, -0.05) is 6.07 Å². The molecule has 2 bridgehead atoms. The van der Waals surface area contributed by atoms with Crippen LogP contribution in [0.1, 0.15) is 24.1 Å². The number of aliphatic hydroxyl groups excluding tert-OH is 1. The molecule has 1 aromatic heterocycles. The van der Waals surface area contributed by atoms with Gasteiger partial charge in [0.1, 0.15) is 0 Å². The monoisotopic (exact) mass is 224 g/mol. The third-order valence-corrected chi connectivity index (χ3v) is 4.54. The Hall–Kier alpha value is -0.380. The standard InChI is InChI=1S/C12H16O2S/c13-11(7-9-2-1-5-15-9)10-6-8-3-4-12(10)14-8/h1-2,5,8,10-13H,3-4,6-7H2. The summed E-state index contributed by atoms with van der Waals surface area (Å²) < 4.78 is 5.77. The summed E-state index contributed by atoms with van der Waals surface area (Å²) in [6, 6.07) is 4.14. The number of aliphatic hydroxyl groups is 1. The molecule has 1 aromatic rings. The molecule has 0 radical (unpaired) electrons. The van der Waals surface area contributed by atoms with Crippen molar-refractivity contribution in [1.82, 2.24) is 0 Å². The summed E-state index contributed by atoms with van der Waals surface area (Å²) in [6.07, 6.45) is 4.79. The fraction of sp³-hybridized carbons (Fsp3) is 0.667. The van der Waals surface area contributed by atoms with Crippen molar-refractivity contribution in [2.45, 2.75) is 44.0 Å². The van der Waals surface area contributed by atoms with Gasteiger partial charge in [0.2, 0.25) is 0 Å². The summed E-state index contributed by atoms with van der Waals surface area (Å²) in [5, 5.41) is 12.2. The molecule has 15 heavy (non-hydrogen) atoms. The highest BCUT2D eigenvalue weighted by atomic mass is 32.1. The zero-order valence-electron chi connectivity index (χ0n) is 8.63. The Morgan fingerprint density at radius 2 is 2.47 bits per heavy atom. The van der Waals surface area contributed by atoms with E-state index >= 15 is 0 Å². The normalized spacial score (nSPS) is 35.9. The van der Waals surface area contributed by atoms with Crippen molar-refractivity contribution in [3.63, 3.8) is 0 Å². The van der Waals surface area contributed by atoms with Crippen LogP contribution in [0.2, 0.25) is 0 Å². The molecule has 3 rings (SSSR count). The maximum Gasteiger partial charge on any atom is 0.0642 e. The number of hydrogen-bond acceptors (Lipinski definition) is 3. The van der Waals surface area contributed by atoms with Gasteiger partial charge in [0, 0.05) is 17.2 Å². The third kappa shape index (κ3) is 1.84. The molecule has 0 aliphatic carbocycles. The Kier molecular flexibility index (Phi) is 2.54. The molecule has 2 saturated heterocycles. The van der Waals surface area contributed by atoms with E-state index in [1.165, 1.54) is 11.3 Å². The Balaban J connectivity index is 1.63. The zero-order chi connectivity index (χ0) is 10.3. The highest BCUT2D eigenvalue weighted by molar-refractivity contribution is 7.09. The summed E-state index contributed by atoms with van der Waals surface area (Å²) >= 11 is 1.73. The van der Waals surface area contributed by atoms with Gasteiger partial charge in [-0.05, 0) is 30.7 Å². The Morgan fingerprint density at radius 1 is 1.53 bits per heavy atom. The largest absolute Gasteiger partial charge is 0.392 e. The van der Waals surface area contributed by atoms with Crippen LogP contribution < -0.4 is 0 Å². The summed E-state index contributed by atoms with van der Waals surface area (Å²) in [5.74, 6) is 0.380. The number of rotatable bonds is 3. The van der Waals surface area contributed by atoms with E-state index in [4.69, 9.17) is 4.74 Å². The highest BCUT2D eigenvalue weighted by Crippen LogP contribution is 2.41. The molecule has 3 heteroatoms. The van der Waals surface area contributed by atoms with Crippen LogP contribution in [-0.2, 0) is 11.2 Å². The van der Waals surface area contributed by atoms with Crippen molar-refractivity contribution in [2.24, 2.45) is 5.92 Å². The fourth-order valence-corrected chi connectivity index (χ4v) is 3.62. The van der Waals surface area contributed by atoms with E-state index in [2.05, 4.69) is 11.4 Å². The lowest BCUT2D eigenvalue weighted by Gasteiger charge is -2.23. The average Bonchev–Trinajstić information content (AvgIpc) is 2.93. The van der Waals surface area contributed by atoms with Gasteiger partial charge in [0.25, 0.3) is 0 Å². The summed E-state index contributed by atoms with van der Waals surface area (Å²) in [7, 11) is 0. The second-order valence-corrected chi connectivity index (χ2v) is 5.66. The minimum atomic E-state index is -0.209. The molecule has 0 aromatic carbocycles. The van der Waals surface area contributed by atoms with Crippen LogP contribution in [0.5, 0.6) is 0 Å². The van der Waals surface area contributed by atoms with Gasteiger partial charge < -0.3 is 9.84 Å². The van der Waals surface area contributed by atoms with Crippen molar-refractivity contribution in [3.8, 4) is 0 Å². The van der Waals surface area contributed by atoms with Gasteiger partial charge in [-0.15, -0.1) is 11.3 Å². The lowest BCUT2D eigenvalue weighted by atomic mass is 9.84. The zero-order valence-corrected chi connectivity index (χ0v) is 9.45. The third-order valence-electron chi connectivity index (χ3n) is 3.64. The quantitative estimate of drug-likeness (QED) is 0.853. The molecule has 0 saturated carbocycles. The molecule has 4 atom stereocenters. The van der Waals surface area contributed by atoms with E-state index in [1.54, 1.807) is 11.3 Å². The highest BCUT2D eigenvalue weighted by Gasteiger charge is 2.43. The Bertz CT molecular complexity index is 322. The minimum absolute atomic E-state index is 0.209. The van der Waals surface area contributed by atoms with E-state index in [1.807, 2.05) is 6.07 Å². The van der Waals surface area contributed by atoms with E-state index in [0.29, 0.717) is 18.1 Å². The van der Waals surface area contributed by atoms with Gasteiger partial charge in [-0.25, -0.2) is 0 Å². The Morgan fingerprint density at radius 3 is 3.07 bits per heavy atom. The molecule has 2 nitrogen and oxygen atoms in total. The minimum Gasteiger partial charge on any atom is -0.392 e. The maximum atomic E-state index is 10.2. The molecule has 0 spiro atoms. The Labute approximate surface area is 93.9 Å². The summed E-state index contributed by atoms with van der Waals surface area (Å²) in [5.41, 5.74) is 0. The molecule has 4 unspecified atom stereocenters. The van der Waals surface area contributed by atoms with Crippen LogP contribution >= 0.6 is 11.3 Å². The first-order valence-electron chi connectivity index (χ1n) is 5.69. The van der Waals surface area contributed by atoms with Gasteiger partial charge in [0.15, 0.2) is 0 Å². The first-order chi connectivity index (χ1) is 7.33. The second kappa shape index (κ2) is 3.89. The number of hydrogen-bond donors (Lipinski definition) is 1. The van der Waals surface area contributed by atoms with Crippen molar-refractivity contribution in [3.05, 3.63) is 22.4 Å². The maximum absolute atomic E-state index is 10.2. The lowest BCUT2D eigenvalue weighted by molar-refractivity contribution is 0.0435. The first kappa shape index (κ1) is 9.82. The van der Waals surface area contributed by atoms with E-state index in [-0.39, 0.29) is 6.10 Å². The lowest BCUT2D eigenvalue weighted by Crippen LogP contribution is -2.30. The number of ether oxygens (including phenoxy) is 1. The predicted octanol–water partition coefficient (Wildman–Crippen LogP) is 2.22. The molecule has 2 aliphatic heterocycles. The molecule has 1 N–H and O–H groups in total. The SMILES string of the molecule is OC(Cc1cccs1)C1CC2CCC1O2. The molecule has 2 fully saturated rings. The molecule has 0 amide bonds. The van der Waals surface area contributed by atoms with Crippen LogP contribution in [0.4, 0.5) is 0 Å². The molecule has 3 heterocycles. The van der Waals surface area contributed by atoms with Gasteiger partial charge in [-0.2, -0.15) is 0 Å². The number of thiophene rings is 1. The van der Waals surface area contributed by atoms with Crippen molar-refractivity contribution >= 4 is 11.3 Å². The molecule has 82 valence electrons. The van der Waals surface area contributed by atoms with Crippen LogP contribution in [0, 0.1) is 5.92 Å². The topological polar surface area (TPSA) is 29.5 Å². The fourth-order valence-electron chi connectivity index (χ4n) is 2.87. The van der Waals surface area contributed by atoms with Crippen LogP contribution in [0.15, 0.2) is 17.5 Å². The molecular formula is C12H16O2S.